The van der Waals surface area contributed by atoms with Crippen molar-refractivity contribution in [1.29, 1.82) is 0 Å². The Kier molecular flexibility index (Phi) is 7.51. The summed E-state index contributed by atoms with van der Waals surface area (Å²) in [6.07, 6.45) is 2.56. The first-order valence-corrected chi connectivity index (χ1v) is 9.81. The van der Waals surface area contributed by atoms with Gasteiger partial charge in [-0.1, -0.05) is 29.8 Å². The fourth-order valence-electron chi connectivity index (χ4n) is 2.59. The van der Waals surface area contributed by atoms with E-state index in [0.717, 1.165) is 6.08 Å². The lowest BCUT2D eigenvalue weighted by atomic mass is 10.1. The van der Waals surface area contributed by atoms with E-state index in [9.17, 15) is 24.5 Å². The van der Waals surface area contributed by atoms with Gasteiger partial charge in [0.25, 0.3) is 17.5 Å². The normalized spacial score (nSPS) is 10.5. The molecule has 3 aromatic carbocycles. The third-order valence-electron chi connectivity index (χ3n) is 4.26. The predicted octanol–water partition coefficient (Wildman–Crippen LogP) is 3.94. The van der Waals surface area contributed by atoms with E-state index in [-0.39, 0.29) is 17.0 Å². The number of hydrogen-bond donors (Lipinski definition) is 2. The number of halogens is 1. The number of para-hydroxylation sites is 1. The van der Waals surface area contributed by atoms with Gasteiger partial charge in [-0.3, -0.25) is 30.6 Å². The largest absolute Gasteiger partial charge is 0.422 e. The molecule has 0 fully saturated rings. The van der Waals surface area contributed by atoms with Crippen molar-refractivity contribution in [3.8, 4) is 5.75 Å². The summed E-state index contributed by atoms with van der Waals surface area (Å²) < 4.78 is 5.36. The molecule has 9 nitrogen and oxygen atoms in total. The topological polar surface area (TPSA) is 128 Å². The van der Waals surface area contributed by atoms with Crippen molar-refractivity contribution in [3.63, 3.8) is 0 Å². The van der Waals surface area contributed by atoms with E-state index < -0.39 is 22.7 Å². The minimum atomic E-state index is -0.717. The zero-order chi connectivity index (χ0) is 23.8. The smallest absolute Gasteiger partial charge is 0.343 e. The van der Waals surface area contributed by atoms with Gasteiger partial charge in [0, 0.05) is 34.4 Å². The van der Waals surface area contributed by atoms with Crippen LogP contribution in [0, 0.1) is 10.1 Å². The van der Waals surface area contributed by atoms with Gasteiger partial charge in [-0.05, 0) is 48.5 Å². The van der Waals surface area contributed by atoms with Gasteiger partial charge in [0.1, 0.15) is 5.75 Å². The highest BCUT2D eigenvalue weighted by atomic mass is 35.5. The average Bonchev–Trinajstić information content (AvgIpc) is 2.82. The molecule has 0 heterocycles. The predicted molar refractivity (Wildman–Crippen MR) is 121 cm³/mol. The summed E-state index contributed by atoms with van der Waals surface area (Å²) in [4.78, 5) is 46.6. The molecule has 33 heavy (non-hydrogen) atoms. The van der Waals surface area contributed by atoms with Crippen molar-refractivity contribution in [3.05, 3.63) is 111 Å². The number of ether oxygens (including phenoxy) is 1. The van der Waals surface area contributed by atoms with Gasteiger partial charge in [0.05, 0.1) is 10.5 Å². The maximum Gasteiger partial charge on any atom is 0.343 e. The van der Waals surface area contributed by atoms with Crippen LogP contribution in [0.25, 0.3) is 6.08 Å². The molecule has 0 radical (unpaired) electrons. The van der Waals surface area contributed by atoms with Crippen molar-refractivity contribution in [2.75, 3.05) is 0 Å². The Labute approximate surface area is 192 Å². The number of nitro groups is 1. The molecule has 10 heteroatoms. The third-order valence-corrected chi connectivity index (χ3v) is 4.51. The number of nitrogens with one attached hydrogen (secondary N) is 2. The zero-order valence-electron chi connectivity index (χ0n) is 16.9. The maximum absolute atomic E-state index is 12.4. The summed E-state index contributed by atoms with van der Waals surface area (Å²) in [5.41, 5.74) is 5.23. The van der Waals surface area contributed by atoms with E-state index in [1.165, 1.54) is 48.5 Å². The van der Waals surface area contributed by atoms with E-state index >= 15 is 0 Å². The van der Waals surface area contributed by atoms with Crippen molar-refractivity contribution in [2.45, 2.75) is 0 Å². The van der Waals surface area contributed by atoms with Gasteiger partial charge in [0.2, 0.25) is 0 Å². The number of hydrogen-bond acceptors (Lipinski definition) is 6. The number of carbonyl (C=O) groups is 3. The highest BCUT2D eigenvalue weighted by Gasteiger charge is 2.13. The van der Waals surface area contributed by atoms with Crippen LogP contribution in [-0.4, -0.2) is 22.7 Å². The van der Waals surface area contributed by atoms with E-state index in [2.05, 4.69) is 10.9 Å². The first kappa shape index (κ1) is 23.2. The number of rotatable bonds is 6. The summed E-state index contributed by atoms with van der Waals surface area (Å²) in [7, 11) is 0. The van der Waals surface area contributed by atoms with Crippen LogP contribution in [0.3, 0.4) is 0 Å². The standard InChI is InChI=1S/C23H16ClN3O6/c24-18-10-5-16(6-11-18)22(29)26-25-21(28)14-9-15-3-1-2-4-20(15)33-23(30)17-7-12-19(13-8-17)27(31)32/h1-14H,(H,25,28)(H,26,29)/b14-9+. The fourth-order valence-corrected chi connectivity index (χ4v) is 2.71. The van der Waals surface area contributed by atoms with E-state index in [1.54, 1.807) is 30.3 Å². The molecule has 2 N–H and O–H groups in total. The van der Waals surface area contributed by atoms with E-state index in [1.807, 2.05) is 0 Å². The molecular formula is C23H16ClN3O6. The Bertz CT molecular complexity index is 1220. The lowest BCUT2D eigenvalue weighted by molar-refractivity contribution is -0.384. The van der Waals surface area contributed by atoms with Gasteiger partial charge in [0.15, 0.2) is 0 Å². The van der Waals surface area contributed by atoms with Gasteiger partial charge in [-0.25, -0.2) is 4.79 Å². The van der Waals surface area contributed by atoms with Gasteiger partial charge < -0.3 is 4.74 Å². The van der Waals surface area contributed by atoms with E-state index in [0.29, 0.717) is 16.1 Å². The second kappa shape index (κ2) is 10.7. The Hall–Kier alpha value is -4.50. The van der Waals surface area contributed by atoms with Crippen LogP contribution in [0.2, 0.25) is 5.02 Å². The summed E-state index contributed by atoms with van der Waals surface area (Å²) in [6, 6.07) is 17.6. The lowest BCUT2D eigenvalue weighted by Gasteiger charge is -2.08. The zero-order valence-corrected chi connectivity index (χ0v) is 17.6. The molecule has 166 valence electrons. The van der Waals surface area contributed by atoms with E-state index in [4.69, 9.17) is 16.3 Å². The lowest BCUT2D eigenvalue weighted by Crippen LogP contribution is -2.40. The van der Waals surface area contributed by atoms with Crippen molar-refractivity contribution >= 4 is 41.1 Å². The Morgan fingerprint density at radius 2 is 1.52 bits per heavy atom. The first-order valence-electron chi connectivity index (χ1n) is 9.43. The van der Waals surface area contributed by atoms with Gasteiger partial charge in [-0.2, -0.15) is 0 Å². The summed E-state index contributed by atoms with van der Waals surface area (Å²) in [5.74, 6) is -1.68. The molecule has 3 aromatic rings. The molecule has 0 bridgehead atoms. The minimum Gasteiger partial charge on any atom is -0.422 e. The molecule has 0 saturated heterocycles. The highest BCUT2D eigenvalue weighted by Crippen LogP contribution is 2.21. The van der Waals surface area contributed by atoms with Crippen molar-refractivity contribution in [2.24, 2.45) is 0 Å². The number of hydrazine groups is 1. The number of nitrogens with zero attached hydrogens (tertiary/aromatic N) is 1. The van der Waals surface area contributed by atoms with Crippen LogP contribution >= 0.6 is 11.6 Å². The maximum atomic E-state index is 12.4. The molecule has 0 aromatic heterocycles. The average molecular weight is 466 g/mol. The van der Waals surface area contributed by atoms with Crippen LogP contribution in [0.1, 0.15) is 26.3 Å². The SMILES string of the molecule is O=C(/C=C/c1ccccc1OC(=O)c1ccc([N+](=O)[O-])cc1)NNC(=O)c1ccc(Cl)cc1. The van der Waals surface area contributed by atoms with Crippen LogP contribution in [-0.2, 0) is 4.79 Å². The summed E-state index contributed by atoms with van der Waals surface area (Å²) >= 11 is 5.77. The number of amides is 2. The van der Waals surface area contributed by atoms with Crippen molar-refractivity contribution in [1.82, 2.24) is 10.9 Å². The molecule has 0 aliphatic carbocycles. The molecule has 0 aliphatic heterocycles. The molecule has 0 aliphatic rings. The Morgan fingerprint density at radius 1 is 0.879 bits per heavy atom. The molecule has 0 atom stereocenters. The number of benzene rings is 3. The summed E-state index contributed by atoms with van der Waals surface area (Å²) in [5, 5.41) is 11.2. The monoisotopic (exact) mass is 465 g/mol. The molecule has 0 saturated carbocycles. The molecular weight excluding hydrogens is 450 g/mol. The fraction of sp³-hybridized carbons (Fsp3) is 0. The van der Waals surface area contributed by atoms with Gasteiger partial charge >= 0.3 is 5.97 Å². The molecule has 0 unspecified atom stereocenters. The number of non-ortho nitro benzene ring substituents is 1. The van der Waals surface area contributed by atoms with Gasteiger partial charge in [-0.15, -0.1) is 0 Å². The number of esters is 1. The van der Waals surface area contributed by atoms with Crippen LogP contribution in [0.5, 0.6) is 5.75 Å². The van der Waals surface area contributed by atoms with Crippen LogP contribution in [0.4, 0.5) is 5.69 Å². The molecule has 2 amide bonds. The quantitative estimate of drug-likeness (QED) is 0.186. The summed E-state index contributed by atoms with van der Waals surface area (Å²) in [6.45, 7) is 0. The van der Waals surface area contributed by atoms with Crippen LogP contribution < -0.4 is 15.6 Å². The van der Waals surface area contributed by atoms with Crippen LogP contribution in [0.15, 0.2) is 78.9 Å². The first-order chi connectivity index (χ1) is 15.8. The highest BCUT2D eigenvalue weighted by molar-refractivity contribution is 6.30. The van der Waals surface area contributed by atoms with Crippen molar-refractivity contribution < 1.29 is 24.0 Å². The molecule has 3 rings (SSSR count). The number of carbonyl (C=O) groups excluding carboxylic acids is 3. The number of nitro benzene ring substituents is 1. The minimum absolute atomic E-state index is 0.127. The third kappa shape index (κ3) is 6.49. The molecule has 0 spiro atoms. The Morgan fingerprint density at radius 3 is 2.18 bits per heavy atom. The second-order valence-electron chi connectivity index (χ2n) is 6.51. The Balaban J connectivity index is 1.61. The second-order valence-corrected chi connectivity index (χ2v) is 6.95.